The number of pyridine rings is 1. The van der Waals surface area contributed by atoms with Gasteiger partial charge < -0.3 is 24.5 Å². The van der Waals surface area contributed by atoms with Crippen LogP contribution in [0.15, 0.2) is 36.7 Å². The van der Waals surface area contributed by atoms with Gasteiger partial charge in [-0.25, -0.2) is 4.39 Å². The van der Waals surface area contributed by atoms with E-state index < -0.39 is 11.9 Å². The highest BCUT2D eigenvalue weighted by atomic mass is 19.1. The summed E-state index contributed by atoms with van der Waals surface area (Å²) in [4.78, 5) is 17.4. The molecular formula is C22H24FN3O4. The van der Waals surface area contributed by atoms with Crippen molar-refractivity contribution < 1.29 is 23.8 Å². The van der Waals surface area contributed by atoms with E-state index in [1.165, 1.54) is 13.2 Å². The number of carbonyl (C=O) groups excluding carboxylic acids is 1. The maximum absolute atomic E-state index is 14.1. The molecule has 1 fully saturated rings. The minimum absolute atomic E-state index is 0.184. The van der Waals surface area contributed by atoms with E-state index in [0.717, 1.165) is 16.6 Å². The first-order chi connectivity index (χ1) is 14.5. The average molecular weight is 413 g/mol. The normalized spacial score (nSPS) is 19.1. The van der Waals surface area contributed by atoms with Crippen LogP contribution in [0.4, 0.5) is 4.39 Å². The molecule has 1 aromatic carbocycles. The number of benzene rings is 1. The van der Waals surface area contributed by atoms with Crippen molar-refractivity contribution in [2.24, 2.45) is 0 Å². The zero-order valence-corrected chi connectivity index (χ0v) is 16.9. The van der Waals surface area contributed by atoms with Gasteiger partial charge >= 0.3 is 0 Å². The predicted molar refractivity (Wildman–Crippen MR) is 109 cm³/mol. The standard InChI is InChI=1S/C22H24FN3O4/c1-13-5-7-24-20-15(22(28)25-17-6-8-30-12-18(17)27)11-26(21(13)20)10-14-3-4-19(29-2)16(23)9-14/h3-5,7,9,11,17-18,27H,6,8,10,12H2,1-2H3,(H,25,28). The molecule has 30 heavy (non-hydrogen) atoms. The number of amides is 1. The van der Waals surface area contributed by atoms with E-state index in [-0.39, 0.29) is 24.3 Å². The van der Waals surface area contributed by atoms with Crippen LogP contribution in [0.5, 0.6) is 5.75 Å². The lowest BCUT2D eigenvalue weighted by atomic mass is 10.1. The molecule has 1 aliphatic rings. The van der Waals surface area contributed by atoms with Gasteiger partial charge in [0.25, 0.3) is 5.91 Å². The summed E-state index contributed by atoms with van der Waals surface area (Å²) in [5.74, 6) is -0.555. The Labute approximate surface area is 173 Å². The molecule has 2 atom stereocenters. The van der Waals surface area contributed by atoms with E-state index in [0.29, 0.717) is 30.7 Å². The molecule has 3 heterocycles. The summed E-state index contributed by atoms with van der Waals surface area (Å²) in [7, 11) is 1.42. The van der Waals surface area contributed by atoms with Crippen molar-refractivity contribution in [3.63, 3.8) is 0 Å². The van der Waals surface area contributed by atoms with Gasteiger partial charge in [0.05, 0.1) is 36.9 Å². The minimum atomic E-state index is -0.743. The Kier molecular flexibility index (Phi) is 5.69. The van der Waals surface area contributed by atoms with Crippen LogP contribution in [0, 0.1) is 12.7 Å². The van der Waals surface area contributed by atoms with E-state index >= 15 is 0 Å². The summed E-state index contributed by atoms with van der Waals surface area (Å²) in [6, 6.07) is 6.30. The van der Waals surface area contributed by atoms with Crippen LogP contribution in [0.2, 0.25) is 0 Å². The third-order valence-electron chi connectivity index (χ3n) is 5.41. The highest BCUT2D eigenvalue weighted by Crippen LogP contribution is 2.25. The molecule has 0 spiro atoms. The summed E-state index contributed by atoms with van der Waals surface area (Å²) in [5.41, 5.74) is 3.50. The molecule has 0 radical (unpaired) electrons. The van der Waals surface area contributed by atoms with E-state index in [2.05, 4.69) is 10.3 Å². The summed E-state index contributed by atoms with van der Waals surface area (Å²) < 4.78 is 26.2. The molecule has 2 N–H and O–H groups in total. The molecule has 0 saturated carbocycles. The number of hydrogen-bond donors (Lipinski definition) is 2. The first-order valence-electron chi connectivity index (χ1n) is 9.81. The maximum atomic E-state index is 14.1. The lowest BCUT2D eigenvalue weighted by Gasteiger charge is -2.28. The predicted octanol–water partition coefficient (Wildman–Crippen LogP) is 2.42. The fraction of sp³-hybridized carbons (Fsp3) is 0.364. The number of aromatic nitrogens is 2. The first-order valence-corrected chi connectivity index (χ1v) is 9.81. The molecule has 2 unspecified atom stereocenters. The van der Waals surface area contributed by atoms with Crippen molar-refractivity contribution in [2.45, 2.75) is 32.0 Å². The molecule has 8 heteroatoms. The second-order valence-corrected chi connectivity index (χ2v) is 7.48. The number of rotatable bonds is 5. The van der Waals surface area contributed by atoms with E-state index in [4.69, 9.17) is 9.47 Å². The quantitative estimate of drug-likeness (QED) is 0.671. The number of nitrogens with zero attached hydrogens (tertiary/aromatic N) is 2. The van der Waals surface area contributed by atoms with E-state index in [9.17, 15) is 14.3 Å². The van der Waals surface area contributed by atoms with Crippen LogP contribution in [-0.4, -0.2) is 53.0 Å². The Hall–Kier alpha value is -2.97. The third kappa shape index (κ3) is 3.88. The molecule has 158 valence electrons. The van der Waals surface area contributed by atoms with Crippen molar-refractivity contribution in [2.75, 3.05) is 20.3 Å². The number of methoxy groups -OCH3 is 1. The summed E-state index contributed by atoms with van der Waals surface area (Å²) >= 11 is 0. The van der Waals surface area contributed by atoms with Gasteiger partial charge in [-0.3, -0.25) is 9.78 Å². The van der Waals surface area contributed by atoms with Gasteiger partial charge in [0.2, 0.25) is 0 Å². The van der Waals surface area contributed by atoms with Crippen molar-refractivity contribution in [1.29, 1.82) is 0 Å². The Balaban J connectivity index is 1.67. The third-order valence-corrected chi connectivity index (χ3v) is 5.41. The van der Waals surface area contributed by atoms with Gasteiger partial charge in [0.1, 0.15) is 5.52 Å². The highest BCUT2D eigenvalue weighted by Gasteiger charge is 2.27. The van der Waals surface area contributed by atoms with Crippen LogP contribution < -0.4 is 10.1 Å². The zero-order valence-electron chi connectivity index (χ0n) is 16.9. The SMILES string of the molecule is COc1ccc(Cn2cc(C(=O)NC3CCOCC3O)c3nccc(C)c32)cc1F. The maximum Gasteiger partial charge on any atom is 0.255 e. The lowest BCUT2D eigenvalue weighted by molar-refractivity contribution is -0.0260. The van der Waals surface area contributed by atoms with Gasteiger partial charge in [-0.15, -0.1) is 0 Å². The molecule has 7 nitrogen and oxygen atoms in total. The van der Waals surface area contributed by atoms with Crippen molar-refractivity contribution in [3.05, 3.63) is 59.2 Å². The van der Waals surface area contributed by atoms with Gasteiger partial charge in [0.15, 0.2) is 11.6 Å². The molecule has 1 amide bonds. The average Bonchev–Trinajstić information content (AvgIpc) is 3.10. The monoisotopic (exact) mass is 413 g/mol. The second-order valence-electron chi connectivity index (χ2n) is 7.48. The molecule has 3 aromatic rings. The molecule has 2 aromatic heterocycles. The fourth-order valence-corrected chi connectivity index (χ4v) is 3.82. The van der Waals surface area contributed by atoms with Gasteiger partial charge in [-0.05, 0) is 42.7 Å². The summed E-state index contributed by atoms with van der Waals surface area (Å²) in [6.07, 6.45) is 3.19. The van der Waals surface area contributed by atoms with E-state index in [1.54, 1.807) is 24.5 Å². The smallest absolute Gasteiger partial charge is 0.255 e. The number of fused-ring (bicyclic) bond motifs is 1. The van der Waals surface area contributed by atoms with Crippen LogP contribution in [0.25, 0.3) is 11.0 Å². The van der Waals surface area contributed by atoms with E-state index in [1.807, 2.05) is 17.6 Å². The zero-order chi connectivity index (χ0) is 21.3. The molecule has 0 bridgehead atoms. The van der Waals surface area contributed by atoms with Gasteiger partial charge in [0, 0.05) is 25.5 Å². The van der Waals surface area contributed by atoms with Crippen LogP contribution in [0.3, 0.4) is 0 Å². The lowest BCUT2D eigenvalue weighted by Crippen LogP contribution is -2.48. The second kappa shape index (κ2) is 8.41. The topological polar surface area (TPSA) is 85.6 Å². The minimum Gasteiger partial charge on any atom is -0.494 e. The van der Waals surface area contributed by atoms with Gasteiger partial charge in [-0.1, -0.05) is 6.07 Å². The fourth-order valence-electron chi connectivity index (χ4n) is 3.82. The molecular weight excluding hydrogens is 389 g/mol. The van der Waals surface area contributed by atoms with Crippen LogP contribution >= 0.6 is 0 Å². The van der Waals surface area contributed by atoms with Crippen LogP contribution in [-0.2, 0) is 11.3 Å². The molecule has 1 saturated heterocycles. The van der Waals surface area contributed by atoms with Crippen molar-refractivity contribution in [1.82, 2.24) is 14.9 Å². The largest absolute Gasteiger partial charge is 0.494 e. The number of ether oxygens (including phenoxy) is 2. The molecule has 1 aliphatic heterocycles. The number of carbonyl (C=O) groups is 1. The number of aliphatic hydroxyl groups excluding tert-OH is 1. The summed E-state index contributed by atoms with van der Waals surface area (Å²) in [6.45, 7) is 3.01. The highest BCUT2D eigenvalue weighted by molar-refractivity contribution is 6.06. The van der Waals surface area contributed by atoms with Crippen LogP contribution in [0.1, 0.15) is 27.9 Å². The van der Waals surface area contributed by atoms with Gasteiger partial charge in [-0.2, -0.15) is 0 Å². The summed E-state index contributed by atoms with van der Waals surface area (Å²) in [5, 5.41) is 13.0. The Morgan fingerprint density at radius 1 is 1.43 bits per heavy atom. The number of aryl methyl sites for hydroxylation is 1. The number of aliphatic hydroxyl groups is 1. The first kappa shape index (κ1) is 20.3. The Morgan fingerprint density at radius 2 is 2.27 bits per heavy atom. The Bertz CT molecular complexity index is 1080. The molecule has 0 aliphatic carbocycles. The number of nitrogens with one attached hydrogen (secondary N) is 1. The van der Waals surface area contributed by atoms with Crippen molar-refractivity contribution in [3.8, 4) is 5.75 Å². The van der Waals surface area contributed by atoms with Crippen molar-refractivity contribution >= 4 is 16.9 Å². The Morgan fingerprint density at radius 3 is 3.00 bits per heavy atom. The number of hydrogen-bond acceptors (Lipinski definition) is 5. The molecule has 4 rings (SSSR count). The number of halogens is 1.